The smallest absolute Gasteiger partial charge is 0.0716 e. The van der Waals surface area contributed by atoms with Gasteiger partial charge in [0.2, 0.25) is 0 Å². The molecule has 0 aliphatic heterocycles. The second-order valence-corrected chi connectivity index (χ2v) is 3.27. The Balaban J connectivity index is 0.000000162. The lowest BCUT2D eigenvalue weighted by Gasteiger charge is -2.01. The van der Waals surface area contributed by atoms with E-state index in [1.807, 2.05) is 6.07 Å². The largest absolute Gasteiger partial charge is 0.136 e. The lowest BCUT2D eigenvalue weighted by molar-refractivity contribution is 0.761. The summed E-state index contributed by atoms with van der Waals surface area (Å²) in [5.41, 5.74) is 1.41. The van der Waals surface area contributed by atoms with E-state index >= 15 is 0 Å². The first kappa shape index (κ1) is 11.2. The zero-order valence-electron chi connectivity index (χ0n) is 8.91. The molecule has 0 radical (unpaired) electrons. The van der Waals surface area contributed by atoms with Gasteiger partial charge in [0.15, 0.2) is 0 Å². The maximum absolute atomic E-state index is 3.36. The predicted octanol–water partition coefficient (Wildman–Crippen LogP) is 2.08. The molecule has 4 heteroatoms. The number of benzene rings is 1. The second kappa shape index (κ2) is 6.59. The molecule has 2 rings (SSSR count). The van der Waals surface area contributed by atoms with E-state index in [1.54, 1.807) is 0 Å². The van der Waals surface area contributed by atoms with Crippen LogP contribution in [0, 0.1) is 0 Å². The fourth-order valence-corrected chi connectivity index (χ4v) is 1.00. The van der Waals surface area contributed by atoms with Gasteiger partial charge in [-0.3, -0.25) is 0 Å². The Hall–Kier alpha value is -1.84. The van der Waals surface area contributed by atoms with Crippen molar-refractivity contribution in [2.45, 2.75) is 19.8 Å². The summed E-state index contributed by atoms with van der Waals surface area (Å²) in [5.74, 6) is 0.659. The topological polar surface area (TPSA) is 51.6 Å². The van der Waals surface area contributed by atoms with Crippen molar-refractivity contribution in [2.24, 2.45) is 0 Å². The zero-order valence-corrected chi connectivity index (χ0v) is 8.91. The Morgan fingerprint density at radius 2 is 1.40 bits per heavy atom. The zero-order chi connectivity index (χ0) is 10.9. The molecule has 2 aromatic rings. The average molecular weight is 202 g/mol. The highest BCUT2D eigenvalue weighted by atomic mass is 15.4. The van der Waals surface area contributed by atoms with Crippen molar-refractivity contribution in [1.82, 2.24) is 20.6 Å². The monoisotopic (exact) mass is 202 g/mol. The summed E-state index contributed by atoms with van der Waals surface area (Å²) in [5, 5.41) is 13.1. The van der Waals surface area contributed by atoms with Crippen LogP contribution in [0.15, 0.2) is 42.7 Å². The number of nitrogens with zero attached hydrogens (tertiary/aromatic N) is 4. The third-order valence-corrected chi connectivity index (χ3v) is 1.81. The Morgan fingerprint density at radius 3 is 1.67 bits per heavy atom. The molecule has 0 spiro atoms. The summed E-state index contributed by atoms with van der Waals surface area (Å²) >= 11 is 0. The highest BCUT2D eigenvalue weighted by Crippen LogP contribution is 2.11. The van der Waals surface area contributed by atoms with E-state index in [-0.39, 0.29) is 0 Å². The van der Waals surface area contributed by atoms with Crippen LogP contribution < -0.4 is 0 Å². The van der Waals surface area contributed by atoms with E-state index in [0.29, 0.717) is 5.92 Å². The van der Waals surface area contributed by atoms with Crippen LogP contribution in [0.5, 0.6) is 0 Å². The standard InChI is InChI=1S/C9H12.C2H2N4/c1-8(2)9-6-4-3-5-7-9;1-2-4-6-5-3-1/h3-8H,1-2H3;1-2H. The molecule has 1 aromatic heterocycles. The molecule has 0 bridgehead atoms. The fourth-order valence-electron chi connectivity index (χ4n) is 1.00. The van der Waals surface area contributed by atoms with Crippen LogP contribution in [0.25, 0.3) is 0 Å². The summed E-state index contributed by atoms with van der Waals surface area (Å²) in [4.78, 5) is 0. The summed E-state index contributed by atoms with van der Waals surface area (Å²) < 4.78 is 0. The van der Waals surface area contributed by atoms with Crippen LogP contribution in [-0.4, -0.2) is 20.6 Å². The number of hydrogen-bond acceptors (Lipinski definition) is 4. The van der Waals surface area contributed by atoms with Gasteiger partial charge in [0.25, 0.3) is 0 Å². The van der Waals surface area contributed by atoms with Gasteiger partial charge < -0.3 is 0 Å². The first-order valence-electron chi connectivity index (χ1n) is 4.80. The highest BCUT2D eigenvalue weighted by molar-refractivity contribution is 5.17. The molecule has 0 saturated carbocycles. The molecule has 15 heavy (non-hydrogen) atoms. The lowest BCUT2D eigenvalue weighted by atomic mass is 10.0. The Kier molecular flexibility index (Phi) is 4.94. The predicted molar refractivity (Wildman–Crippen MR) is 58.2 cm³/mol. The average Bonchev–Trinajstić information content (AvgIpc) is 2.33. The van der Waals surface area contributed by atoms with Gasteiger partial charge >= 0.3 is 0 Å². The molecule has 0 amide bonds. The van der Waals surface area contributed by atoms with Crippen molar-refractivity contribution in [3.8, 4) is 0 Å². The molecule has 4 nitrogen and oxygen atoms in total. The molecule has 0 saturated heterocycles. The molecule has 1 heterocycles. The SMILES string of the molecule is CC(C)c1ccccc1.c1cnnnn1. The molecule has 0 atom stereocenters. The first-order valence-corrected chi connectivity index (χ1v) is 4.80. The third-order valence-electron chi connectivity index (χ3n) is 1.81. The summed E-state index contributed by atoms with van der Waals surface area (Å²) in [6.07, 6.45) is 2.93. The van der Waals surface area contributed by atoms with Gasteiger partial charge in [0.05, 0.1) is 12.4 Å². The van der Waals surface area contributed by atoms with Gasteiger partial charge in [0.1, 0.15) is 0 Å². The van der Waals surface area contributed by atoms with Crippen LogP contribution in [0.3, 0.4) is 0 Å². The van der Waals surface area contributed by atoms with E-state index in [0.717, 1.165) is 0 Å². The van der Waals surface area contributed by atoms with Crippen molar-refractivity contribution in [1.29, 1.82) is 0 Å². The van der Waals surface area contributed by atoms with Crippen LogP contribution in [0.2, 0.25) is 0 Å². The van der Waals surface area contributed by atoms with E-state index in [2.05, 4.69) is 58.7 Å². The lowest BCUT2D eigenvalue weighted by Crippen LogP contribution is -1.84. The van der Waals surface area contributed by atoms with Crippen LogP contribution in [-0.2, 0) is 0 Å². The van der Waals surface area contributed by atoms with Crippen molar-refractivity contribution < 1.29 is 0 Å². The van der Waals surface area contributed by atoms with E-state index < -0.39 is 0 Å². The van der Waals surface area contributed by atoms with Crippen LogP contribution >= 0.6 is 0 Å². The molecule has 0 aliphatic rings. The van der Waals surface area contributed by atoms with Crippen molar-refractivity contribution in [3.05, 3.63) is 48.3 Å². The molecular weight excluding hydrogens is 188 g/mol. The molecule has 0 unspecified atom stereocenters. The molecule has 1 aromatic carbocycles. The van der Waals surface area contributed by atoms with Crippen LogP contribution in [0.1, 0.15) is 25.3 Å². The Morgan fingerprint density at radius 1 is 0.867 bits per heavy atom. The molecule has 0 fully saturated rings. The van der Waals surface area contributed by atoms with Gasteiger partial charge in [-0.2, -0.15) is 0 Å². The molecule has 0 N–H and O–H groups in total. The Labute approximate surface area is 89.4 Å². The minimum absolute atomic E-state index is 0.659. The maximum atomic E-state index is 3.36. The van der Waals surface area contributed by atoms with E-state index in [4.69, 9.17) is 0 Å². The summed E-state index contributed by atoms with van der Waals surface area (Å²) in [6.45, 7) is 4.41. The van der Waals surface area contributed by atoms with Gasteiger partial charge in [-0.05, 0) is 21.9 Å². The minimum Gasteiger partial charge on any atom is -0.136 e. The van der Waals surface area contributed by atoms with Crippen molar-refractivity contribution in [3.63, 3.8) is 0 Å². The number of rotatable bonds is 1. The fraction of sp³-hybridized carbons (Fsp3) is 0.273. The van der Waals surface area contributed by atoms with Gasteiger partial charge in [0, 0.05) is 0 Å². The quantitative estimate of drug-likeness (QED) is 0.710. The molecular formula is C11H14N4. The normalized spacial score (nSPS) is 9.27. The van der Waals surface area contributed by atoms with Crippen LogP contribution in [0.4, 0.5) is 0 Å². The molecule has 78 valence electrons. The first-order chi connectivity index (χ1) is 7.30. The third kappa shape index (κ3) is 4.81. The van der Waals surface area contributed by atoms with Crippen molar-refractivity contribution >= 4 is 0 Å². The van der Waals surface area contributed by atoms with Crippen molar-refractivity contribution in [2.75, 3.05) is 0 Å². The van der Waals surface area contributed by atoms with Gasteiger partial charge in [-0.15, -0.1) is 10.2 Å². The summed E-state index contributed by atoms with van der Waals surface area (Å²) in [7, 11) is 0. The summed E-state index contributed by atoms with van der Waals surface area (Å²) in [6, 6.07) is 10.5. The van der Waals surface area contributed by atoms with Gasteiger partial charge in [-0.25, -0.2) is 0 Å². The minimum atomic E-state index is 0.659. The second-order valence-electron chi connectivity index (χ2n) is 3.27. The van der Waals surface area contributed by atoms with Gasteiger partial charge in [-0.1, -0.05) is 44.2 Å². The maximum Gasteiger partial charge on any atom is 0.0716 e. The number of hydrogen-bond donors (Lipinski definition) is 0. The Bertz CT molecular complexity index is 321. The number of aromatic nitrogens is 4. The van der Waals surface area contributed by atoms with E-state index in [1.165, 1.54) is 18.0 Å². The molecule has 0 aliphatic carbocycles. The van der Waals surface area contributed by atoms with E-state index in [9.17, 15) is 0 Å². The highest BCUT2D eigenvalue weighted by Gasteiger charge is 1.93.